The molecule has 67 valence electrons. The Morgan fingerprint density at radius 1 is 1.08 bits per heavy atom. The van der Waals surface area contributed by atoms with E-state index in [1.54, 1.807) is 0 Å². The highest BCUT2D eigenvalue weighted by Gasteiger charge is 2.56. The Kier molecular flexibility index (Phi) is 1.15. The standard InChI is InChI=1S/C10H15O2/c11-9-2-7-1-8(4-9)5-10(12,3-7)6-9/h7,11-12H,1-6H2. The molecule has 2 N–H and O–H groups in total. The molecule has 0 spiro atoms. The predicted molar refractivity (Wildman–Crippen MR) is 44.3 cm³/mol. The molecule has 0 aliphatic heterocycles. The van der Waals surface area contributed by atoms with Gasteiger partial charge in [-0.25, -0.2) is 0 Å². The maximum absolute atomic E-state index is 10.1. The number of hydrogen-bond donors (Lipinski definition) is 2. The van der Waals surface area contributed by atoms with Crippen LogP contribution in [0.15, 0.2) is 0 Å². The van der Waals surface area contributed by atoms with Crippen LogP contribution in [0.3, 0.4) is 0 Å². The van der Waals surface area contributed by atoms with Crippen LogP contribution in [-0.4, -0.2) is 21.4 Å². The van der Waals surface area contributed by atoms with E-state index in [0.717, 1.165) is 25.7 Å². The molecule has 4 fully saturated rings. The lowest BCUT2D eigenvalue weighted by Crippen LogP contribution is -2.58. The van der Waals surface area contributed by atoms with Gasteiger partial charge in [-0.3, -0.25) is 0 Å². The van der Waals surface area contributed by atoms with Crippen LogP contribution in [0.1, 0.15) is 38.5 Å². The van der Waals surface area contributed by atoms with Crippen LogP contribution in [0.25, 0.3) is 0 Å². The fourth-order valence-corrected chi connectivity index (χ4v) is 3.86. The van der Waals surface area contributed by atoms with E-state index < -0.39 is 11.2 Å². The van der Waals surface area contributed by atoms with Gasteiger partial charge in [0.05, 0.1) is 11.2 Å². The second kappa shape index (κ2) is 1.88. The smallest absolute Gasteiger partial charge is 0.0683 e. The van der Waals surface area contributed by atoms with Gasteiger partial charge < -0.3 is 10.2 Å². The van der Waals surface area contributed by atoms with Crippen LogP contribution in [-0.2, 0) is 0 Å². The third-order valence-electron chi connectivity index (χ3n) is 3.73. The first-order valence-electron chi connectivity index (χ1n) is 4.85. The highest BCUT2D eigenvalue weighted by Crippen LogP contribution is 2.58. The van der Waals surface area contributed by atoms with Crippen molar-refractivity contribution in [3.8, 4) is 0 Å². The van der Waals surface area contributed by atoms with Crippen LogP contribution >= 0.6 is 0 Å². The van der Waals surface area contributed by atoms with Crippen molar-refractivity contribution in [2.45, 2.75) is 49.7 Å². The molecule has 4 bridgehead atoms. The van der Waals surface area contributed by atoms with E-state index in [1.807, 2.05) is 0 Å². The molecule has 0 aromatic rings. The van der Waals surface area contributed by atoms with Gasteiger partial charge >= 0.3 is 0 Å². The van der Waals surface area contributed by atoms with E-state index in [0.29, 0.717) is 12.3 Å². The molecule has 4 aliphatic rings. The van der Waals surface area contributed by atoms with Crippen LogP contribution in [0.5, 0.6) is 0 Å². The van der Waals surface area contributed by atoms with Crippen molar-refractivity contribution in [3.63, 3.8) is 0 Å². The molecule has 4 saturated carbocycles. The maximum atomic E-state index is 10.1. The molecule has 0 amide bonds. The second-order valence-corrected chi connectivity index (χ2v) is 5.21. The molecule has 2 heteroatoms. The van der Waals surface area contributed by atoms with Crippen molar-refractivity contribution in [2.24, 2.45) is 5.92 Å². The van der Waals surface area contributed by atoms with Gasteiger partial charge in [-0.2, -0.15) is 0 Å². The van der Waals surface area contributed by atoms with E-state index >= 15 is 0 Å². The summed E-state index contributed by atoms with van der Waals surface area (Å²) in [6.07, 6.45) is 5.39. The van der Waals surface area contributed by atoms with Gasteiger partial charge in [0.1, 0.15) is 0 Å². The average molecular weight is 167 g/mol. The van der Waals surface area contributed by atoms with Crippen LogP contribution in [0, 0.1) is 11.8 Å². The molecular weight excluding hydrogens is 152 g/mol. The van der Waals surface area contributed by atoms with Crippen molar-refractivity contribution in [1.82, 2.24) is 0 Å². The van der Waals surface area contributed by atoms with Gasteiger partial charge in [-0.1, -0.05) is 0 Å². The van der Waals surface area contributed by atoms with E-state index in [9.17, 15) is 10.2 Å². The second-order valence-electron chi connectivity index (χ2n) is 5.21. The fraction of sp³-hybridized carbons (Fsp3) is 0.900. The van der Waals surface area contributed by atoms with Gasteiger partial charge in [-0.15, -0.1) is 0 Å². The Morgan fingerprint density at radius 2 is 1.67 bits per heavy atom. The summed E-state index contributed by atoms with van der Waals surface area (Å²) in [5.74, 6) is 1.99. The highest BCUT2D eigenvalue weighted by atomic mass is 16.3. The quantitative estimate of drug-likeness (QED) is 0.565. The summed E-state index contributed by atoms with van der Waals surface area (Å²) in [6.45, 7) is 0. The Bertz CT molecular complexity index is 190. The summed E-state index contributed by atoms with van der Waals surface area (Å²) >= 11 is 0. The molecule has 0 aromatic heterocycles. The summed E-state index contributed by atoms with van der Waals surface area (Å²) in [7, 11) is 0. The van der Waals surface area contributed by atoms with Gasteiger partial charge in [0, 0.05) is 6.42 Å². The molecule has 1 radical (unpaired) electrons. The van der Waals surface area contributed by atoms with Gasteiger partial charge in [0.2, 0.25) is 0 Å². The third-order valence-corrected chi connectivity index (χ3v) is 3.73. The molecule has 0 aromatic carbocycles. The number of aliphatic hydroxyl groups is 2. The van der Waals surface area contributed by atoms with Gasteiger partial charge in [0.15, 0.2) is 0 Å². The monoisotopic (exact) mass is 167 g/mol. The van der Waals surface area contributed by atoms with Crippen LogP contribution in [0.4, 0.5) is 0 Å². The normalized spacial score (nSPS) is 58.0. The number of rotatable bonds is 0. The summed E-state index contributed by atoms with van der Waals surface area (Å²) in [4.78, 5) is 0. The van der Waals surface area contributed by atoms with E-state index in [1.165, 1.54) is 12.3 Å². The first-order valence-corrected chi connectivity index (χ1v) is 4.85. The topological polar surface area (TPSA) is 40.5 Å². The minimum Gasteiger partial charge on any atom is -0.390 e. The molecule has 4 aliphatic carbocycles. The molecule has 0 heterocycles. The maximum Gasteiger partial charge on any atom is 0.0683 e. The van der Waals surface area contributed by atoms with Crippen molar-refractivity contribution >= 4 is 0 Å². The molecule has 4 rings (SSSR count). The molecule has 2 nitrogen and oxygen atoms in total. The Morgan fingerprint density at radius 3 is 2.08 bits per heavy atom. The molecular formula is C10H15O2. The summed E-state index contributed by atoms with van der Waals surface area (Å²) in [5, 5.41) is 20.2. The largest absolute Gasteiger partial charge is 0.390 e. The van der Waals surface area contributed by atoms with E-state index in [4.69, 9.17) is 0 Å². The SMILES string of the molecule is OC12C[C]3CC(C1)CC(O)(C3)C2. The van der Waals surface area contributed by atoms with E-state index in [-0.39, 0.29) is 0 Å². The zero-order valence-corrected chi connectivity index (χ0v) is 7.21. The number of hydrogen-bond acceptors (Lipinski definition) is 2. The molecule has 2 unspecified atom stereocenters. The van der Waals surface area contributed by atoms with Gasteiger partial charge in [-0.05, 0) is 43.9 Å². The average Bonchev–Trinajstić information content (AvgIpc) is 1.75. The lowest BCUT2D eigenvalue weighted by molar-refractivity contribution is -0.165. The summed E-state index contributed by atoms with van der Waals surface area (Å²) < 4.78 is 0. The molecule has 0 saturated heterocycles. The predicted octanol–water partition coefficient (Wildman–Crippen LogP) is 1.02. The van der Waals surface area contributed by atoms with E-state index in [2.05, 4.69) is 0 Å². The zero-order valence-electron chi connectivity index (χ0n) is 7.21. The minimum atomic E-state index is -0.524. The van der Waals surface area contributed by atoms with Crippen molar-refractivity contribution < 1.29 is 10.2 Å². The minimum absolute atomic E-state index is 0.524. The highest BCUT2D eigenvalue weighted by molar-refractivity contribution is 5.19. The fourth-order valence-electron chi connectivity index (χ4n) is 3.86. The summed E-state index contributed by atoms with van der Waals surface area (Å²) in [6, 6.07) is 0. The lowest BCUT2D eigenvalue weighted by Gasteiger charge is -2.57. The lowest BCUT2D eigenvalue weighted by atomic mass is 9.52. The van der Waals surface area contributed by atoms with Gasteiger partial charge in [0.25, 0.3) is 0 Å². The van der Waals surface area contributed by atoms with Crippen LogP contribution < -0.4 is 0 Å². The zero-order chi connectivity index (χ0) is 8.40. The Labute approximate surface area is 72.6 Å². The van der Waals surface area contributed by atoms with Crippen molar-refractivity contribution in [1.29, 1.82) is 0 Å². The van der Waals surface area contributed by atoms with Crippen molar-refractivity contribution in [2.75, 3.05) is 0 Å². The summed E-state index contributed by atoms with van der Waals surface area (Å²) in [5.41, 5.74) is -1.05. The van der Waals surface area contributed by atoms with Crippen molar-refractivity contribution in [3.05, 3.63) is 5.92 Å². The molecule has 2 atom stereocenters. The Hall–Kier alpha value is -0.0800. The molecule has 12 heavy (non-hydrogen) atoms. The third kappa shape index (κ3) is 0.882. The first-order chi connectivity index (χ1) is 5.57. The first kappa shape index (κ1) is 7.34. The Balaban J connectivity index is 1.98. The van der Waals surface area contributed by atoms with Crippen LogP contribution in [0.2, 0.25) is 0 Å².